The lowest BCUT2D eigenvalue weighted by Crippen LogP contribution is -2.76. The van der Waals surface area contributed by atoms with Crippen LogP contribution in [0.15, 0.2) is 152 Å². The molecule has 5 spiro atoms. The first-order valence-corrected chi connectivity index (χ1v) is 57.2. The molecule has 17 nitrogen and oxygen atoms in total. The number of quaternary nitrogens is 1. The first kappa shape index (κ1) is 90.6. The summed E-state index contributed by atoms with van der Waals surface area (Å²) >= 11 is 0. The maximum Gasteiger partial charge on any atom is 0.174 e. The number of carbonyl (C=O) groups excluding carboxylic acids is 1. The molecule has 143 heavy (non-hydrogen) atoms. The Morgan fingerprint density at radius 1 is 0.357 bits per heavy atom. The number of hydrogen-bond acceptors (Lipinski definition) is 16. The molecule has 10 heterocycles. The highest BCUT2D eigenvalue weighted by atomic mass is 16.5. The Labute approximate surface area is 847 Å². The summed E-state index contributed by atoms with van der Waals surface area (Å²) in [6.45, 7) is 23.9. The van der Waals surface area contributed by atoms with E-state index in [9.17, 15) is 20.1 Å². The molecule has 17 heteroatoms. The van der Waals surface area contributed by atoms with Crippen molar-refractivity contribution in [2.75, 3.05) is 72.5 Å². The molecule has 0 aromatic heterocycles. The standard InChI is InChI=1S/C29H36NO2.2C28H33NO2.C21H27NO2.C20H23NO4/c1-28-14-6-9-25-29(28)15-16-30(2,18-20-10-11-20)24(28)17-22-12-13-23(27(32-25)26(22)29)31-19-21-7-4-3-5-8-21;2*1-27-13-5-8-24-28(27)14-15-29(17-19-9-10-19)23(27)16-21-11-12-22(26(31-24)25(21)28)30-18-20-6-3-2-4-7-20;1-13-4-7-15-11-16-21(23)8-2-3-17-20(21,18(15)19(13)24-17)9-10-22(16)12-14-5-6-14;22-13-4-3-12-9-15-20(24)6-5-14(23)18-19(20,16(12)17(13)25-18)7-8-21(15)10-11-1-2-11/h3-5,7-8,12-13,20,24-25H,6,9-11,14-19H2,1-2H3;2*2-4,6-7,11-12,19,23-24H,5,8-10,13-18H2,1H3;4,7,14,16-17,23H,2-3,5-6,8-12H2,1H3;3-4,11,15,18,22,24H,1-2,5-10H2/q+1;;;;/t24-,25+,28+,29-,30?;2*23-,24+,27+,28-;16-,17+,20-,21-;15-,18+,19+,20-/m11111/s1. The summed E-state index contributed by atoms with van der Waals surface area (Å²) in [6.07, 6.45) is 41.0. The van der Waals surface area contributed by atoms with Gasteiger partial charge in [0.2, 0.25) is 0 Å². The Morgan fingerprint density at radius 2 is 0.713 bits per heavy atom. The number of hydrogen-bond donors (Lipinski definition) is 3. The van der Waals surface area contributed by atoms with Gasteiger partial charge in [0.25, 0.3) is 0 Å². The van der Waals surface area contributed by atoms with Gasteiger partial charge in [0.05, 0.1) is 53.6 Å². The molecule has 10 aliphatic heterocycles. The predicted octanol–water partition coefficient (Wildman–Crippen LogP) is 21.1. The van der Waals surface area contributed by atoms with Crippen molar-refractivity contribution in [3.63, 3.8) is 0 Å². The molecule has 15 fully saturated rings. The van der Waals surface area contributed by atoms with Crippen molar-refractivity contribution in [2.24, 2.45) is 45.8 Å². The monoisotopic (exact) mass is 1930 g/mol. The van der Waals surface area contributed by atoms with Crippen LogP contribution in [0.2, 0.25) is 0 Å². The molecule has 15 aliphatic carbocycles. The summed E-state index contributed by atoms with van der Waals surface area (Å²) in [5.74, 6) is 12.4. The Morgan fingerprint density at radius 3 is 1.17 bits per heavy atom. The second-order valence-corrected chi connectivity index (χ2v) is 51.6. The zero-order valence-electron chi connectivity index (χ0n) is 85.6. The number of Topliss-reactive ketones (excluding diaryl/α,β-unsaturated/α-hetero) is 1. The maximum absolute atomic E-state index is 12.7. The number of likely N-dealkylation sites (tertiary alicyclic amines) is 5. The molecule has 0 radical (unpaired) electrons. The third-order valence-electron chi connectivity index (χ3n) is 44.5. The van der Waals surface area contributed by atoms with Crippen molar-refractivity contribution < 1.29 is 62.5 Å². The number of phenols is 1. The molecule has 33 rings (SSSR count). The van der Waals surface area contributed by atoms with Crippen LogP contribution < -0.4 is 37.9 Å². The second kappa shape index (κ2) is 32.9. The minimum Gasteiger partial charge on any atom is -0.504 e. The fourth-order valence-corrected chi connectivity index (χ4v) is 37.0. The fourth-order valence-electron chi connectivity index (χ4n) is 37.0. The molecule has 1 unspecified atom stereocenters. The molecule has 8 aromatic carbocycles. The van der Waals surface area contributed by atoms with E-state index in [0.717, 1.165) is 152 Å². The fraction of sp³-hybridized carbons (Fsp3) is 0.611. The van der Waals surface area contributed by atoms with Gasteiger partial charge in [0.1, 0.15) is 50.0 Å². The van der Waals surface area contributed by atoms with E-state index in [1.54, 1.807) is 17.2 Å². The van der Waals surface area contributed by atoms with Gasteiger partial charge in [0, 0.05) is 120 Å². The molecule has 0 amide bonds. The summed E-state index contributed by atoms with van der Waals surface area (Å²) in [5, 5.41) is 34.4. The van der Waals surface area contributed by atoms with Crippen LogP contribution in [0.3, 0.4) is 0 Å². The van der Waals surface area contributed by atoms with Gasteiger partial charge in [-0.1, -0.05) is 148 Å². The van der Waals surface area contributed by atoms with Crippen molar-refractivity contribution in [2.45, 2.75) is 365 Å². The summed E-state index contributed by atoms with van der Waals surface area (Å²) in [5.41, 5.74) is 18.2. The molecule has 25 aliphatic rings. The Bertz CT molecular complexity index is 6210. The molecule has 752 valence electrons. The average molecular weight is 1930 g/mol. The van der Waals surface area contributed by atoms with Crippen LogP contribution in [0.5, 0.6) is 51.7 Å². The minimum atomic E-state index is -0.940. The average Bonchev–Trinajstić information content (AvgIpc) is 1.54. The number of aryl methyl sites for hydroxylation is 1. The third kappa shape index (κ3) is 13.2. The smallest absolute Gasteiger partial charge is 0.174 e. The van der Waals surface area contributed by atoms with Crippen LogP contribution >= 0.6 is 0 Å². The van der Waals surface area contributed by atoms with Crippen molar-refractivity contribution in [1.82, 2.24) is 19.6 Å². The highest BCUT2D eigenvalue weighted by Crippen LogP contribution is 2.76. The number of aromatic hydroxyl groups is 1. The first-order chi connectivity index (χ1) is 69.6. The van der Waals surface area contributed by atoms with Gasteiger partial charge in [-0.3, -0.25) is 24.4 Å². The largest absolute Gasteiger partial charge is 0.504 e. The van der Waals surface area contributed by atoms with Crippen molar-refractivity contribution >= 4 is 5.78 Å². The number of piperidine rings is 5. The normalized spacial score (nSPS) is 38.4. The van der Waals surface area contributed by atoms with Crippen LogP contribution in [-0.2, 0) is 83.8 Å². The predicted molar refractivity (Wildman–Crippen MR) is 552 cm³/mol. The molecular weight excluding hydrogens is 1780 g/mol. The van der Waals surface area contributed by atoms with Crippen LogP contribution in [-0.4, -0.2) is 190 Å². The van der Waals surface area contributed by atoms with Crippen LogP contribution in [0.1, 0.15) is 285 Å². The lowest BCUT2D eigenvalue weighted by Gasteiger charge is -2.66. The second-order valence-electron chi connectivity index (χ2n) is 51.6. The maximum atomic E-state index is 12.7. The zero-order valence-corrected chi connectivity index (χ0v) is 85.6. The van der Waals surface area contributed by atoms with Crippen molar-refractivity contribution in [1.29, 1.82) is 0 Å². The number of aliphatic hydroxyl groups is 2. The molecule has 21 atom stereocenters. The number of likely N-dealkylation sites (N-methyl/N-ethyl adjacent to an activating group) is 1. The molecule has 3 N–H and O–H groups in total. The highest BCUT2D eigenvalue weighted by Gasteiger charge is 2.78. The lowest BCUT2D eigenvalue weighted by atomic mass is 9.44. The Balaban J connectivity index is 0.0000000856. The number of nitrogens with zero attached hydrogens (tertiary/aromatic N) is 5. The van der Waals surface area contributed by atoms with E-state index in [2.05, 4.69) is 194 Å². The van der Waals surface area contributed by atoms with E-state index in [0.29, 0.717) is 91.1 Å². The van der Waals surface area contributed by atoms with Crippen LogP contribution in [0, 0.1) is 52.8 Å². The van der Waals surface area contributed by atoms with E-state index in [1.165, 1.54) is 266 Å². The Kier molecular flexibility index (Phi) is 20.9. The summed E-state index contributed by atoms with van der Waals surface area (Å²) in [4.78, 5) is 23.6. The number of benzene rings is 8. The third-order valence-corrected chi connectivity index (χ3v) is 44.5. The van der Waals surface area contributed by atoms with Crippen molar-refractivity contribution in [3.8, 4) is 51.7 Å². The zero-order chi connectivity index (χ0) is 95.9. The summed E-state index contributed by atoms with van der Waals surface area (Å²) < 4.78 is 53.6. The summed E-state index contributed by atoms with van der Waals surface area (Å²) in [7, 11) is 2.59. The quantitative estimate of drug-likeness (QED) is 0.0654. The number of phenolic OH excluding ortho intramolecular Hbond substituents is 1. The van der Waals surface area contributed by atoms with Gasteiger partial charge in [0.15, 0.2) is 57.9 Å². The molecular formula is C126H152N5O12+. The lowest BCUT2D eigenvalue weighted by molar-refractivity contribution is -0.951. The highest BCUT2D eigenvalue weighted by molar-refractivity contribution is 5.90. The first-order valence-electron chi connectivity index (χ1n) is 57.2. The van der Waals surface area contributed by atoms with E-state index >= 15 is 0 Å². The molecule has 8 aromatic rings. The van der Waals surface area contributed by atoms with E-state index in [-0.39, 0.29) is 45.3 Å². The van der Waals surface area contributed by atoms with Gasteiger partial charge in [-0.2, -0.15) is 0 Å². The van der Waals surface area contributed by atoms with Gasteiger partial charge in [-0.15, -0.1) is 0 Å². The number of carbonyl (C=O) groups is 1. The number of ketones is 1. The van der Waals surface area contributed by atoms with Gasteiger partial charge >= 0.3 is 0 Å². The number of ether oxygens (including phenoxy) is 8. The SMILES string of the molecule is C[C@@]12CCC[C@@H]3Oc4c(OCc5ccccc5)ccc5c4[C@@]31CCN(CC1CC1)[C@@H]2C5.C[C@@]12CCC[C@@H]3Oc4c(OCc5ccccc5)ccc5c4[C@@]31CCN(CC1CC1)[C@@H]2C5.C[C@@]12CCC[C@@H]3Oc4c(OCc5ccccc5)ccc5c4[C@@]31CC[N+](C)(CC1CC1)[C@@H]2C5.Cc1ccc2c3c1O[C@H]1CCC[C@@]4(O)[C@@H](C2)N(CC2CC2)CC[C@]314.O=C1CC[C@@]2(O)[C@H]3Cc4ccc(O)c5c4[C@@]2(CCN3CC2CC2)[C@H]1O5. The molecule has 5 saturated heterocycles. The van der Waals surface area contributed by atoms with E-state index in [4.69, 9.17) is 37.9 Å². The minimum absolute atomic E-state index is 0.0454. The number of rotatable bonds is 19. The van der Waals surface area contributed by atoms with Gasteiger partial charge in [-0.05, 0) is 341 Å². The molecule has 10 saturated carbocycles. The Hall–Kier alpha value is -8.65. The van der Waals surface area contributed by atoms with E-state index < -0.39 is 22.7 Å². The van der Waals surface area contributed by atoms with E-state index in [1.807, 2.05) is 6.07 Å². The van der Waals surface area contributed by atoms with Crippen LogP contribution in [0.25, 0.3) is 0 Å². The van der Waals surface area contributed by atoms with Gasteiger partial charge in [-0.25, -0.2) is 0 Å². The van der Waals surface area contributed by atoms with Crippen molar-refractivity contribution in [3.05, 3.63) is 230 Å². The van der Waals surface area contributed by atoms with Gasteiger partial charge < -0.3 is 57.7 Å². The topological polar surface area (TPSA) is 165 Å². The summed E-state index contributed by atoms with van der Waals surface area (Å²) in [6, 6.07) is 55.8. The molecule has 10 bridgehead atoms. The van der Waals surface area contributed by atoms with Crippen LogP contribution in [0.4, 0.5) is 0 Å².